The van der Waals surface area contributed by atoms with E-state index in [1.807, 2.05) is 31.2 Å². The largest absolute Gasteiger partial charge is 0.388 e. The summed E-state index contributed by atoms with van der Waals surface area (Å²) in [6.07, 6.45) is 1.35. The molecule has 1 aromatic carbocycles. The van der Waals surface area contributed by atoms with E-state index in [1.54, 1.807) is 6.42 Å². The molecular weight excluding hydrogens is 251 g/mol. The lowest BCUT2D eigenvalue weighted by Crippen LogP contribution is -1.97. The van der Waals surface area contributed by atoms with E-state index in [2.05, 4.69) is 22.6 Å². The van der Waals surface area contributed by atoms with Gasteiger partial charge in [0, 0.05) is 3.57 Å². The molecule has 0 aromatic heterocycles. The molecule has 0 aliphatic rings. The van der Waals surface area contributed by atoms with Crippen molar-refractivity contribution in [2.24, 2.45) is 0 Å². The first-order valence-corrected chi connectivity index (χ1v) is 4.55. The van der Waals surface area contributed by atoms with Crippen LogP contribution in [0.5, 0.6) is 0 Å². The van der Waals surface area contributed by atoms with E-state index in [9.17, 15) is 5.11 Å². The molecule has 0 saturated heterocycles. The van der Waals surface area contributed by atoms with E-state index >= 15 is 0 Å². The maximum absolute atomic E-state index is 9.45. The van der Waals surface area contributed by atoms with Gasteiger partial charge in [-0.3, -0.25) is 0 Å². The zero-order valence-electron chi connectivity index (χ0n) is 6.29. The summed E-state index contributed by atoms with van der Waals surface area (Å²) in [6.45, 7) is 1.85. The minimum Gasteiger partial charge on any atom is -0.388 e. The zero-order valence-corrected chi connectivity index (χ0v) is 8.45. The van der Waals surface area contributed by atoms with E-state index in [0.717, 1.165) is 9.13 Å². The van der Waals surface area contributed by atoms with Gasteiger partial charge in [0.15, 0.2) is 0 Å². The van der Waals surface area contributed by atoms with Gasteiger partial charge >= 0.3 is 0 Å². The van der Waals surface area contributed by atoms with Crippen LogP contribution in [0, 0.1) is 9.99 Å². The fourth-order valence-electron chi connectivity index (χ4n) is 0.895. The Labute approximate surface area is 80.6 Å². The van der Waals surface area contributed by atoms with E-state index < -0.39 is 6.10 Å². The summed E-state index contributed by atoms with van der Waals surface area (Å²) in [5.41, 5.74) is 0.982. The summed E-state index contributed by atoms with van der Waals surface area (Å²) < 4.78 is 1.11. The molecule has 0 amide bonds. The topological polar surface area (TPSA) is 20.2 Å². The van der Waals surface area contributed by atoms with Crippen molar-refractivity contribution in [3.63, 3.8) is 0 Å². The van der Waals surface area contributed by atoms with Crippen LogP contribution >= 0.6 is 22.6 Å². The Morgan fingerprint density at radius 1 is 1.45 bits per heavy atom. The first kappa shape index (κ1) is 9.00. The molecule has 0 fully saturated rings. The summed E-state index contributed by atoms with van der Waals surface area (Å²) >= 11 is 2.22. The summed E-state index contributed by atoms with van der Waals surface area (Å²) in [5, 5.41) is 9.45. The minimum atomic E-state index is -0.428. The van der Waals surface area contributed by atoms with E-state index in [-0.39, 0.29) is 0 Å². The molecule has 59 valence electrons. The van der Waals surface area contributed by atoms with Crippen molar-refractivity contribution in [3.05, 3.63) is 39.8 Å². The van der Waals surface area contributed by atoms with Crippen molar-refractivity contribution in [1.82, 2.24) is 0 Å². The third kappa shape index (κ3) is 2.17. The van der Waals surface area contributed by atoms with Gasteiger partial charge in [0.05, 0.1) is 6.10 Å². The van der Waals surface area contributed by atoms with Gasteiger partial charge in [-0.1, -0.05) is 25.1 Å². The molecule has 1 aromatic rings. The molecule has 1 radical (unpaired) electrons. The number of aliphatic hydroxyl groups excluding tert-OH is 1. The molecule has 0 saturated carbocycles. The quantitative estimate of drug-likeness (QED) is 0.811. The Kier molecular flexibility index (Phi) is 3.33. The summed E-state index contributed by atoms with van der Waals surface area (Å²) in [7, 11) is 0. The predicted octanol–water partition coefficient (Wildman–Crippen LogP) is 2.55. The Hall–Kier alpha value is -0.0900. The molecule has 1 nitrogen and oxygen atoms in total. The standard InChI is InChI=1S/C9H10IO/c1-2-9(11)7-5-3-4-6-8(7)10/h2-6,9,11H,1H3/t9-/m0/s1. The Morgan fingerprint density at radius 3 is 2.64 bits per heavy atom. The first-order chi connectivity index (χ1) is 5.25. The third-order valence-electron chi connectivity index (χ3n) is 1.54. The third-order valence-corrected chi connectivity index (χ3v) is 2.52. The molecule has 1 rings (SSSR count). The second-order valence-corrected chi connectivity index (χ2v) is 3.46. The monoisotopic (exact) mass is 261 g/mol. The Morgan fingerprint density at radius 2 is 2.09 bits per heavy atom. The average Bonchev–Trinajstić information content (AvgIpc) is 2.04. The van der Waals surface area contributed by atoms with Gasteiger partial charge in [-0.25, -0.2) is 0 Å². The number of rotatable bonds is 2. The fraction of sp³-hybridized carbons (Fsp3) is 0.222. The highest BCUT2D eigenvalue weighted by Crippen LogP contribution is 2.20. The Balaban J connectivity index is 2.93. The van der Waals surface area contributed by atoms with Crippen molar-refractivity contribution in [1.29, 1.82) is 0 Å². The van der Waals surface area contributed by atoms with Gasteiger partial charge in [0.2, 0.25) is 0 Å². The van der Waals surface area contributed by atoms with Gasteiger partial charge < -0.3 is 5.11 Å². The lowest BCUT2D eigenvalue weighted by atomic mass is 10.1. The minimum absolute atomic E-state index is 0.428. The van der Waals surface area contributed by atoms with Crippen LogP contribution in [0.15, 0.2) is 24.3 Å². The van der Waals surface area contributed by atoms with Crippen LogP contribution in [0.2, 0.25) is 0 Å². The molecule has 0 heterocycles. The Bertz CT molecular complexity index is 235. The van der Waals surface area contributed by atoms with Crippen molar-refractivity contribution >= 4 is 22.6 Å². The van der Waals surface area contributed by atoms with Crippen molar-refractivity contribution < 1.29 is 5.11 Å². The van der Waals surface area contributed by atoms with Crippen molar-refractivity contribution in [2.45, 2.75) is 13.0 Å². The smallest absolute Gasteiger partial charge is 0.0829 e. The lowest BCUT2D eigenvalue weighted by molar-refractivity contribution is 0.211. The molecule has 2 heteroatoms. The van der Waals surface area contributed by atoms with Gasteiger partial charge in [-0.2, -0.15) is 0 Å². The van der Waals surface area contributed by atoms with Gasteiger partial charge in [-0.05, 0) is 40.6 Å². The second-order valence-electron chi connectivity index (χ2n) is 2.30. The molecule has 0 bridgehead atoms. The number of hydrogen-bond donors (Lipinski definition) is 1. The fourth-order valence-corrected chi connectivity index (χ4v) is 1.60. The normalized spacial score (nSPS) is 13.0. The van der Waals surface area contributed by atoms with Crippen LogP contribution in [-0.2, 0) is 0 Å². The SMILES string of the molecule is C[CH][C@H](O)c1ccccc1I. The van der Waals surface area contributed by atoms with Crippen LogP contribution < -0.4 is 0 Å². The number of hydrogen-bond acceptors (Lipinski definition) is 1. The van der Waals surface area contributed by atoms with Crippen LogP contribution in [0.3, 0.4) is 0 Å². The molecule has 0 unspecified atom stereocenters. The van der Waals surface area contributed by atoms with Crippen LogP contribution in [0.1, 0.15) is 18.6 Å². The van der Waals surface area contributed by atoms with E-state index in [4.69, 9.17) is 0 Å². The number of halogens is 1. The summed E-state index contributed by atoms with van der Waals surface area (Å²) in [4.78, 5) is 0. The van der Waals surface area contributed by atoms with Gasteiger partial charge in [0.1, 0.15) is 0 Å². The van der Waals surface area contributed by atoms with Crippen molar-refractivity contribution in [3.8, 4) is 0 Å². The number of benzene rings is 1. The number of aliphatic hydroxyl groups is 1. The molecule has 1 N–H and O–H groups in total. The maximum atomic E-state index is 9.45. The van der Waals surface area contributed by atoms with Gasteiger partial charge in [-0.15, -0.1) is 0 Å². The molecule has 1 atom stereocenters. The highest BCUT2D eigenvalue weighted by Gasteiger charge is 2.06. The van der Waals surface area contributed by atoms with E-state index in [1.165, 1.54) is 0 Å². The average molecular weight is 261 g/mol. The molecule has 0 spiro atoms. The highest BCUT2D eigenvalue weighted by molar-refractivity contribution is 14.1. The molecular formula is C9H10IO. The van der Waals surface area contributed by atoms with Crippen molar-refractivity contribution in [2.75, 3.05) is 0 Å². The van der Waals surface area contributed by atoms with Crippen LogP contribution in [-0.4, -0.2) is 5.11 Å². The maximum Gasteiger partial charge on any atom is 0.0829 e. The summed E-state index contributed by atoms with van der Waals surface area (Å²) in [6, 6.07) is 7.83. The molecule has 0 aliphatic heterocycles. The highest BCUT2D eigenvalue weighted by atomic mass is 127. The van der Waals surface area contributed by atoms with E-state index in [0.29, 0.717) is 0 Å². The molecule has 11 heavy (non-hydrogen) atoms. The second kappa shape index (κ2) is 4.07. The van der Waals surface area contributed by atoms with Crippen LogP contribution in [0.4, 0.5) is 0 Å². The first-order valence-electron chi connectivity index (χ1n) is 3.47. The van der Waals surface area contributed by atoms with Gasteiger partial charge in [0.25, 0.3) is 0 Å². The summed E-state index contributed by atoms with van der Waals surface area (Å²) in [5.74, 6) is 0. The predicted molar refractivity (Wildman–Crippen MR) is 54.1 cm³/mol. The lowest BCUT2D eigenvalue weighted by Gasteiger charge is -2.08. The molecule has 0 aliphatic carbocycles. The zero-order chi connectivity index (χ0) is 8.27. The van der Waals surface area contributed by atoms with Crippen LogP contribution in [0.25, 0.3) is 0 Å².